The van der Waals surface area contributed by atoms with E-state index in [1.807, 2.05) is 97.1 Å². The molecule has 0 aliphatic carbocycles. The molecule has 0 aliphatic heterocycles. The molecule has 1 amide bonds. The second-order valence-corrected chi connectivity index (χ2v) is 9.86. The van der Waals surface area contributed by atoms with Gasteiger partial charge in [-0.15, -0.1) is 0 Å². The fourth-order valence-electron chi connectivity index (χ4n) is 3.55. The molecule has 0 aliphatic rings. The number of hydrogen-bond donors (Lipinski definition) is 1. The molecule has 4 aromatic rings. The Balaban J connectivity index is 1.45. The minimum absolute atomic E-state index is 0.209. The summed E-state index contributed by atoms with van der Waals surface area (Å²) in [7, 11) is 0. The molecule has 0 heterocycles. The number of nitrogens with zero attached hydrogens (tertiary/aromatic N) is 1. The van der Waals surface area contributed by atoms with Crippen LogP contribution in [0, 0.1) is 0 Å². The van der Waals surface area contributed by atoms with Crippen LogP contribution >= 0.6 is 43.5 Å². The van der Waals surface area contributed by atoms with Crippen molar-refractivity contribution in [3.05, 3.63) is 133 Å². The number of amides is 1. The third-order valence-corrected chi connectivity index (χ3v) is 6.66. The van der Waals surface area contributed by atoms with Gasteiger partial charge in [-0.3, -0.25) is 4.79 Å². The molecular weight excluding hydrogens is 592 g/mol. The van der Waals surface area contributed by atoms with E-state index < -0.39 is 5.92 Å². The first-order chi connectivity index (χ1) is 17.0. The molecular formula is C28H21Br2ClN2O2. The number of carbonyl (C=O) groups excluding carboxylic acids is 1. The number of carbonyl (C=O) groups is 1. The van der Waals surface area contributed by atoms with E-state index in [1.54, 1.807) is 6.21 Å². The number of ether oxygens (including phenoxy) is 1. The molecule has 4 aromatic carbocycles. The van der Waals surface area contributed by atoms with Gasteiger partial charge in [-0.25, -0.2) is 5.43 Å². The molecule has 1 N–H and O–H groups in total. The van der Waals surface area contributed by atoms with Gasteiger partial charge in [0.25, 0.3) is 5.91 Å². The predicted molar refractivity (Wildman–Crippen MR) is 148 cm³/mol. The van der Waals surface area contributed by atoms with Gasteiger partial charge in [0.15, 0.2) is 0 Å². The zero-order valence-electron chi connectivity index (χ0n) is 18.5. The third-order valence-electron chi connectivity index (χ3n) is 5.23. The number of hydrogen-bond acceptors (Lipinski definition) is 3. The van der Waals surface area contributed by atoms with Crippen LogP contribution in [-0.4, -0.2) is 12.1 Å². The molecule has 4 nitrogen and oxygen atoms in total. The third kappa shape index (κ3) is 6.82. The van der Waals surface area contributed by atoms with Gasteiger partial charge in [-0.05, 0) is 78.4 Å². The highest BCUT2D eigenvalue weighted by Crippen LogP contribution is 2.35. The highest BCUT2D eigenvalue weighted by molar-refractivity contribution is 9.11. The molecule has 7 heteroatoms. The molecule has 35 heavy (non-hydrogen) atoms. The lowest BCUT2D eigenvalue weighted by molar-refractivity contribution is -0.121. The van der Waals surface area contributed by atoms with E-state index in [2.05, 4.69) is 42.4 Å². The van der Waals surface area contributed by atoms with E-state index in [9.17, 15) is 4.79 Å². The molecule has 176 valence electrons. The molecule has 0 bridgehead atoms. The molecule has 0 saturated heterocycles. The fraction of sp³-hybridized carbons (Fsp3) is 0.0714. The topological polar surface area (TPSA) is 50.7 Å². The Kier molecular flexibility index (Phi) is 8.74. The van der Waals surface area contributed by atoms with Crippen molar-refractivity contribution in [1.82, 2.24) is 5.43 Å². The van der Waals surface area contributed by atoms with Crippen LogP contribution in [0.1, 0.15) is 28.2 Å². The van der Waals surface area contributed by atoms with Gasteiger partial charge in [-0.2, -0.15) is 5.10 Å². The fourth-order valence-corrected chi connectivity index (χ4v) is 5.13. The van der Waals surface area contributed by atoms with Gasteiger partial charge >= 0.3 is 0 Å². The summed E-state index contributed by atoms with van der Waals surface area (Å²) in [6, 6.07) is 30.6. The minimum atomic E-state index is -0.461. The van der Waals surface area contributed by atoms with E-state index in [-0.39, 0.29) is 5.91 Å². The van der Waals surface area contributed by atoms with Crippen LogP contribution < -0.4 is 10.2 Å². The van der Waals surface area contributed by atoms with Crippen molar-refractivity contribution in [2.24, 2.45) is 5.10 Å². The monoisotopic (exact) mass is 610 g/mol. The van der Waals surface area contributed by atoms with Crippen molar-refractivity contribution in [3.63, 3.8) is 0 Å². The summed E-state index contributed by atoms with van der Waals surface area (Å²) < 4.78 is 7.50. The lowest BCUT2D eigenvalue weighted by atomic mass is 9.91. The first kappa shape index (κ1) is 25.2. The summed E-state index contributed by atoms with van der Waals surface area (Å²) in [5, 5.41) is 4.89. The summed E-state index contributed by atoms with van der Waals surface area (Å²) in [4.78, 5) is 13.1. The Morgan fingerprint density at radius 1 is 0.886 bits per heavy atom. The number of hydrazone groups is 1. The van der Waals surface area contributed by atoms with Crippen LogP contribution in [0.3, 0.4) is 0 Å². The molecule has 0 radical (unpaired) electrons. The molecule has 0 spiro atoms. The quantitative estimate of drug-likeness (QED) is 0.164. The SMILES string of the molecule is O=C(N/N=C/c1cc(Br)c(OCc2ccc(Cl)cc2)c(Br)c1)C(c1ccccc1)c1ccccc1. The van der Waals surface area contributed by atoms with Crippen molar-refractivity contribution in [2.45, 2.75) is 12.5 Å². The Morgan fingerprint density at radius 2 is 1.43 bits per heavy atom. The van der Waals surface area contributed by atoms with E-state index in [0.717, 1.165) is 31.2 Å². The summed E-state index contributed by atoms with van der Waals surface area (Å²) in [6.45, 7) is 0.401. The van der Waals surface area contributed by atoms with E-state index >= 15 is 0 Å². The molecule has 0 saturated carbocycles. The number of nitrogens with one attached hydrogen (secondary N) is 1. The smallest absolute Gasteiger partial charge is 0.252 e. The van der Waals surface area contributed by atoms with Crippen LogP contribution in [0.2, 0.25) is 5.02 Å². The Morgan fingerprint density at radius 3 is 1.97 bits per heavy atom. The maximum atomic E-state index is 13.1. The van der Waals surface area contributed by atoms with Gasteiger partial charge in [0.05, 0.1) is 21.1 Å². The molecule has 0 atom stereocenters. The number of rotatable bonds is 8. The number of halogens is 3. The summed E-state index contributed by atoms with van der Waals surface area (Å²) in [6.07, 6.45) is 1.60. The Hall–Kier alpha value is -2.93. The lowest BCUT2D eigenvalue weighted by Crippen LogP contribution is -2.26. The van der Waals surface area contributed by atoms with Gasteiger partial charge in [-0.1, -0.05) is 84.4 Å². The summed E-state index contributed by atoms with van der Waals surface area (Å²) in [5.41, 5.74) is 6.29. The Labute approximate surface area is 226 Å². The van der Waals surface area contributed by atoms with Gasteiger partial charge in [0.1, 0.15) is 12.4 Å². The molecule has 0 unspecified atom stereocenters. The van der Waals surface area contributed by atoms with Gasteiger partial charge in [0, 0.05) is 5.02 Å². The largest absolute Gasteiger partial charge is 0.487 e. The maximum absolute atomic E-state index is 13.1. The van der Waals surface area contributed by atoms with Crippen LogP contribution in [0.25, 0.3) is 0 Å². The van der Waals surface area contributed by atoms with Crippen molar-refractivity contribution >= 4 is 55.6 Å². The minimum Gasteiger partial charge on any atom is -0.487 e. The van der Waals surface area contributed by atoms with E-state index in [4.69, 9.17) is 16.3 Å². The highest BCUT2D eigenvalue weighted by atomic mass is 79.9. The average Bonchev–Trinajstić information content (AvgIpc) is 2.86. The van der Waals surface area contributed by atoms with E-state index in [1.165, 1.54) is 0 Å². The van der Waals surface area contributed by atoms with Gasteiger partial charge < -0.3 is 4.74 Å². The lowest BCUT2D eigenvalue weighted by Gasteiger charge is -2.16. The van der Waals surface area contributed by atoms with E-state index in [0.29, 0.717) is 17.4 Å². The molecule has 0 aromatic heterocycles. The van der Waals surface area contributed by atoms with Crippen LogP contribution in [0.15, 0.2) is 111 Å². The maximum Gasteiger partial charge on any atom is 0.252 e. The zero-order valence-corrected chi connectivity index (χ0v) is 22.4. The molecule has 4 rings (SSSR count). The van der Waals surface area contributed by atoms with Crippen molar-refractivity contribution in [2.75, 3.05) is 0 Å². The normalized spacial score (nSPS) is 11.1. The Bertz CT molecular complexity index is 1250. The standard InChI is InChI=1S/C28H21Br2ClN2O2/c29-24-15-20(16-25(30)27(24)35-18-19-11-13-23(31)14-12-19)17-32-33-28(34)26(21-7-3-1-4-8-21)22-9-5-2-6-10-22/h1-17,26H,18H2,(H,33,34)/b32-17+. The van der Waals surface area contributed by atoms with Crippen molar-refractivity contribution in [3.8, 4) is 5.75 Å². The van der Waals surface area contributed by atoms with Crippen molar-refractivity contribution < 1.29 is 9.53 Å². The number of benzene rings is 4. The van der Waals surface area contributed by atoms with Crippen LogP contribution in [0.4, 0.5) is 0 Å². The first-order valence-corrected chi connectivity index (χ1v) is 12.8. The molecule has 0 fully saturated rings. The average molecular weight is 613 g/mol. The van der Waals surface area contributed by atoms with Gasteiger partial charge in [0.2, 0.25) is 0 Å². The van der Waals surface area contributed by atoms with Crippen LogP contribution in [-0.2, 0) is 11.4 Å². The first-order valence-electron chi connectivity index (χ1n) is 10.8. The predicted octanol–water partition coefficient (Wildman–Crippen LogP) is 7.73. The van der Waals surface area contributed by atoms with Crippen LogP contribution in [0.5, 0.6) is 5.75 Å². The highest BCUT2D eigenvalue weighted by Gasteiger charge is 2.22. The van der Waals surface area contributed by atoms with Crippen molar-refractivity contribution in [1.29, 1.82) is 0 Å². The zero-order chi connectivity index (χ0) is 24.6. The summed E-state index contributed by atoms with van der Waals surface area (Å²) in [5.74, 6) is 0.00530. The second kappa shape index (κ2) is 12.2. The summed E-state index contributed by atoms with van der Waals surface area (Å²) >= 11 is 13.1. The second-order valence-electron chi connectivity index (χ2n) is 7.72.